The van der Waals surface area contributed by atoms with Gasteiger partial charge in [-0.2, -0.15) is 15.4 Å². The zero-order valence-corrected chi connectivity index (χ0v) is 14.9. The SMILES string of the molecule is COc1cc(-c2n[nH]nc2C(N)=O)ccc1OCc1ccc(Br)cc1. The van der Waals surface area contributed by atoms with Gasteiger partial charge in [0.25, 0.3) is 5.91 Å². The van der Waals surface area contributed by atoms with E-state index in [-0.39, 0.29) is 5.69 Å². The van der Waals surface area contributed by atoms with Gasteiger partial charge in [0.1, 0.15) is 12.3 Å². The van der Waals surface area contributed by atoms with Crippen LogP contribution in [0.15, 0.2) is 46.9 Å². The second-order valence-corrected chi connectivity index (χ2v) is 6.08. The van der Waals surface area contributed by atoms with Crippen molar-refractivity contribution in [2.24, 2.45) is 5.73 Å². The minimum Gasteiger partial charge on any atom is -0.493 e. The lowest BCUT2D eigenvalue weighted by atomic mass is 10.1. The summed E-state index contributed by atoms with van der Waals surface area (Å²) in [5.41, 5.74) is 7.42. The van der Waals surface area contributed by atoms with Gasteiger partial charge in [-0.05, 0) is 35.9 Å². The fraction of sp³-hybridized carbons (Fsp3) is 0.118. The number of benzene rings is 2. The van der Waals surface area contributed by atoms with Crippen molar-refractivity contribution in [3.63, 3.8) is 0 Å². The number of nitrogens with zero attached hydrogens (tertiary/aromatic N) is 2. The molecule has 8 heteroatoms. The zero-order valence-electron chi connectivity index (χ0n) is 13.3. The summed E-state index contributed by atoms with van der Waals surface area (Å²) in [6.45, 7) is 0.402. The van der Waals surface area contributed by atoms with Crippen molar-refractivity contribution in [2.75, 3.05) is 7.11 Å². The highest BCUT2D eigenvalue weighted by molar-refractivity contribution is 9.10. The molecule has 2 aromatic carbocycles. The van der Waals surface area contributed by atoms with Gasteiger partial charge in [-0.1, -0.05) is 28.1 Å². The second kappa shape index (κ2) is 7.35. The number of aromatic nitrogens is 3. The quantitative estimate of drug-likeness (QED) is 0.659. The molecule has 0 saturated heterocycles. The van der Waals surface area contributed by atoms with Crippen molar-refractivity contribution in [3.8, 4) is 22.8 Å². The first-order valence-corrected chi connectivity index (χ1v) is 8.14. The lowest BCUT2D eigenvalue weighted by Crippen LogP contribution is -2.12. The number of hydrogen-bond acceptors (Lipinski definition) is 5. The van der Waals surface area contributed by atoms with Crippen LogP contribution >= 0.6 is 15.9 Å². The Balaban J connectivity index is 1.83. The van der Waals surface area contributed by atoms with E-state index in [9.17, 15) is 4.79 Å². The van der Waals surface area contributed by atoms with E-state index >= 15 is 0 Å². The topological polar surface area (TPSA) is 103 Å². The third kappa shape index (κ3) is 3.80. The first-order valence-electron chi connectivity index (χ1n) is 7.34. The number of nitrogens with one attached hydrogen (secondary N) is 1. The summed E-state index contributed by atoms with van der Waals surface area (Å²) in [6, 6.07) is 13.1. The fourth-order valence-corrected chi connectivity index (χ4v) is 2.54. The highest BCUT2D eigenvalue weighted by Crippen LogP contribution is 2.33. The first-order chi connectivity index (χ1) is 12.1. The van der Waals surface area contributed by atoms with E-state index in [0.717, 1.165) is 10.0 Å². The van der Waals surface area contributed by atoms with Gasteiger partial charge in [-0.25, -0.2) is 0 Å². The van der Waals surface area contributed by atoms with E-state index in [4.69, 9.17) is 15.2 Å². The Kier molecular flexibility index (Phi) is 4.99. The number of amides is 1. The highest BCUT2D eigenvalue weighted by Gasteiger charge is 2.17. The molecule has 128 valence electrons. The molecule has 0 spiro atoms. The van der Waals surface area contributed by atoms with Crippen molar-refractivity contribution in [2.45, 2.75) is 6.61 Å². The van der Waals surface area contributed by atoms with Crippen LogP contribution in [-0.2, 0) is 6.61 Å². The fourth-order valence-electron chi connectivity index (χ4n) is 2.28. The molecule has 7 nitrogen and oxygen atoms in total. The number of methoxy groups -OCH3 is 1. The van der Waals surface area contributed by atoms with Crippen LogP contribution in [0.1, 0.15) is 16.1 Å². The predicted octanol–water partition coefficient (Wildman–Crippen LogP) is 2.92. The Morgan fingerprint density at radius 3 is 2.60 bits per heavy atom. The maximum absolute atomic E-state index is 11.4. The molecule has 3 aromatic rings. The average Bonchev–Trinajstić information content (AvgIpc) is 3.11. The summed E-state index contributed by atoms with van der Waals surface area (Å²) in [6.07, 6.45) is 0. The average molecular weight is 403 g/mol. The van der Waals surface area contributed by atoms with E-state index in [1.54, 1.807) is 25.3 Å². The zero-order chi connectivity index (χ0) is 17.8. The minimum absolute atomic E-state index is 0.0746. The van der Waals surface area contributed by atoms with Gasteiger partial charge in [0.2, 0.25) is 0 Å². The van der Waals surface area contributed by atoms with Gasteiger partial charge in [-0.3, -0.25) is 4.79 Å². The number of hydrogen-bond donors (Lipinski definition) is 2. The number of primary amides is 1. The molecule has 0 fully saturated rings. The minimum atomic E-state index is -0.654. The van der Waals surface area contributed by atoms with Gasteiger partial charge >= 0.3 is 0 Å². The third-order valence-electron chi connectivity index (χ3n) is 3.53. The molecule has 0 aliphatic rings. The van der Waals surface area contributed by atoms with Crippen molar-refractivity contribution in [1.29, 1.82) is 0 Å². The van der Waals surface area contributed by atoms with Crippen LogP contribution in [0.3, 0.4) is 0 Å². The summed E-state index contributed by atoms with van der Waals surface area (Å²) in [5, 5.41) is 10.1. The Bertz CT molecular complexity index is 893. The van der Waals surface area contributed by atoms with Crippen LogP contribution in [0.25, 0.3) is 11.3 Å². The molecule has 1 amide bonds. The summed E-state index contributed by atoms with van der Waals surface area (Å²) < 4.78 is 12.2. The van der Waals surface area contributed by atoms with Crippen LogP contribution < -0.4 is 15.2 Å². The molecule has 0 radical (unpaired) electrons. The summed E-state index contributed by atoms with van der Waals surface area (Å²) in [7, 11) is 1.55. The van der Waals surface area contributed by atoms with Gasteiger partial charge in [0.15, 0.2) is 17.2 Å². The molecule has 0 aliphatic carbocycles. The molecular formula is C17H15BrN4O3. The third-order valence-corrected chi connectivity index (χ3v) is 4.05. The number of carbonyl (C=O) groups is 1. The lowest BCUT2D eigenvalue weighted by Gasteiger charge is -2.12. The molecule has 25 heavy (non-hydrogen) atoms. The van der Waals surface area contributed by atoms with E-state index in [2.05, 4.69) is 31.3 Å². The maximum atomic E-state index is 11.4. The molecule has 0 bridgehead atoms. The molecule has 0 atom stereocenters. The van der Waals surface area contributed by atoms with Crippen LogP contribution in [0, 0.1) is 0 Å². The van der Waals surface area contributed by atoms with Crippen LogP contribution in [-0.4, -0.2) is 28.4 Å². The number of H-pyrrole nitrogens is 1. The number of halogens is 1. The van der Waals surface area contributed by atoms with Crippen LogP contribution in [0.5, 0.6) is 11.5 Å². The largest absolute Gasteiger partial charge is 0.493 e. The van der Waals surface area contributed by atoms with E-state index in [1.165, 1.54) is 0 Å². The molecule has 0 saturated carbocycles. The predicted molar refractivity (Wildman–Crippen MR) is 95.4 cm³/mol. The van der Waals surface area contributed by atoms with Gasteiger partial charge < -0.3 is 15.2 Å². The molecule has 1 aromatic heterocycles. The van der Waals surface area contributed by atoms with E-state index < -0.39 is 5.91 Å². The number of aromatic amines is 1. The number of carbonyl (C=O) groups excluding carboxylic acids is 1. The van der Waals surface area contributed by atoms with Crippen molar-refractivity contribution in [1.82, 2.24) is 15.4 Å². The molecule has 3 rings (SSSR count). The lowest BCUT2D eigenvalue weighted by molar-refractivity contribution is 0.0996. The van der Waals surface area contributed by atoms with E-state index in [1.807, 2.05) is 24.3 Å². The van der Waals surface area contributed by atoms with Gasteiger partial charge in [0.05, 0.1) is 7.11 Å². The highest BCUT2D eigenvalue weighted by atomic mass is 79.9. The van der Waals surface area contributed by atoms with Gasteiger partial charge in [-0.15, -0.1) is 0 Å². The van der Waals surface area contributed by atoms with E-state index in [0.29, 0.717) is 29.4 Å². The number of ether oxygens (including phenoxy) is 2. The monoisotopic (exact) mass is 402 g/mol. The normalized spacial score (nSPS) is 10.5. The molecule has 3 N–H and O–H groups in total. The second-order valence-electron chi connectivity index (χ2n) is 5.17. The number of nitrogens with two attached hydrogens (primary N) is 1. The van der Waals surface area contributed by atoms with Gasteiger partial charge in [0, 0.05) is 10.0 Å². The van der Waals surface area contributed by atoms with Crippen LogP contribution in [0.4, 0.5) is 0 Å². The molecule has 1 heterocycles. The summed E-state index contributed by atoms with van der Waals surface area (Å²) >= 11 is 3.40. The molecule has 0 aliphatic heterocycles. The van der Waals surface area contributed by atoms with Crippen LogP contribution in [0.2, 0.25) is 0 Å². The van der Waals surface area contributed by atoms with Crippen molar-refractivity contribution < 1.29 is 14.3 Å². The Hall–Kier alpha value is -2.87. The van der Waals surface area contributed by atoms with Crippen molar-refractivity contribution >= 4 is 21.8 Å². The Labute approximate surface area is 152 Å². The Morgan fingerprint density at radius 2 is 1.92 bits per heavy atom. The molecule has 0 unspecified atom stereocenters. The standard InChI is InChI=1S/C17H15BrN4O3/c1-24-14-8-11(15-16(17(19)23)21-22-20-15)4-7-13(14)25-9-10-2-5-12(18)6-3-10/h2-8H,9H2,1H3,(H2,19,23)(H,20,21,22). The summed E-state index contributed by atoms with van der Waals surface area (Å²) in [5.74, 6) is 0.449. The van der Waals surface area contributed by atoms with Crippen molar-refractivity contribution in [3.05, 3.63) is 58.2 Å². The smallest absolute Gasteiger partial charge is 0.271 e. The first kappa shape index (κ1) is 17.0. The molecular weight excluding hydrogens is 388 g/mol. The Morgan fingerprint density at radius 1 is 1.16 bits per heavy atom. The maximum Gasteiger partial charge on any atom is 0.271 e. The number of rotatable bonds is 6. The summed E-state index contributed by atoms with van der Waals surface area (Å²) in [4.78, 5) is 11.4.